The first kappa shape index (κ1) is 19.2. The number of thiophene rings is 1. The van der Waals surface area contributed by atoms with Crippen LogP contribution in [0.25, 0.3) is 0 Å². The molecule has 2 aromatic heterocycles. The average Bonchev–Trinajstić information content (AvgIpc) is 3.52. The molecule has 0 fully saturated rings. The third kappa shape index (κ3) is 3.30. The zero-order valence-electron chi connectivity index (χ0n) is 16.6. The normalized spacial score (nSPS) is 18.2. The smallest absolute Gasteiger partial charge is 0.336 e. The maximum atomic E-state index is 11.9. The number of aromatic nitrogens is 1. The quantitative estimate of drug-likeness (QED) is 0.299. The number of hydrogen-bond donors (Lipinski definition) is 0. The zero-order valence-corrected chi connectivity index (χ0v) is 17.4. The first-order valence-corrected chi connectivity index (χ1v) is 10.7. The minimum Gasteiger partial charge on any atom is -0.351 e. The summed E-state index contributed by atoms with van der Waals surface area (Å²) in [5.41, 5.74) is 2.82. The van der Waals surface area contributed by atoms with E-state index in [9.17, 15) is 10.1 Å². The van der Waals surface area contributed by atoms with Crippen LogP contribution in [0.1, 0.15) is 33.9 Å². The van der Waals surface area contributed by atoms with Gasteiger partial charge in [-0.05, 0) is 36.1 Å². The predicted molar refractivity (Wildman–Crippen MR) is 120 cm³/mol. The van der Waals surface area contributed by atoms with E-state index < -0.39 is 11.0 Å². The molecule has 0 N–H and O–H groups in total. The van der Waals surface area contributed by atoms with Gasteiger partial charge in [-0.1, -0.05) is 59.8 Å². The van der Waals surface area contributed by atoms with Crippen LogP contribution in [0.15, 0.2) is 87.8 Å². The van der Waals surface area contributed by atoms with Crippen LogP contribution in [0, 0.1) is 17.0 Å². The lowest BCUT2D eigenvalue weighted by atomic mass is 9.85. The Morgan fingerprint density at radius 2 is 1.74 bits per heavy atom. The van der Waals surface area contributed by atoms with E-state index in [4.69, 9.17) is 9.62 Å². The van der Waals surface area contributed by atoms with Gasteiger partial charge in [-0.3, -0.25) is 15.1 Å². The van der Waals surface area contributed by atoms with Crippen molar-refractivity contribution in [2.75, 3.05) is 5.01 Å². The molecule has 0 spiro atoms. The Labute approximate surface area is 182 Å². The summed E-state index contributed by atoms with van der Waals surface area (Å²) in [6.45, 7) is 1.59. The maximum Gasteiger partial charge on any atom is 0.336 e. The molecule has 3 heterocycles. The second-order valence-electron chi connectivity index (χ2n) is 7.21. The first-order chi connectivity index (χ1) is 15.1. The summed E-state index contributed by atoms with van der Waals surface area (Å²) in [4.78, 5) is 12.5. The average molecular weight is 430 g/mol. The van der Waals surface area contributed by atoms with Crippen LogP contribution in [0.4, 0.5) is 11.4 Å². The van der Waals surface area contributed by atoms with E-state index in [1.807, 2.05) is 83.2 Å². The molecule has 0 amide bonds. The molecule has 1 aliphatic rings. The summed E-state index contributed by atoms with van der Waals surface area (Å²) in [6, 6.07) is 23.0. The van der Waals surface area contributed by atoms with Crippen LogP contribution < -0.4 is 5.01 Å². The molecule has 2 atom stereocenters. The van der Waals surface area contributed by atoms with Crippen LogP contribution in [-0.2, 0) is 0 Å². The lowest BCUT2D eigenvalue weighted by molar-refractivity contribution is -0.386. The number of hydrogen-bond acceptors (Lipinski definition) is 7. The summed E-state index contributed by atoms with van der Waals surface area (Å²) in [5.74, 6) is -0.0679. The Morgan fingerprint density at radius 3 is 2.39 bits per heavy atom. The molecule has 8 heteroatoms. The van der Waals surface area contributed by atoms with Crippen molar-refractivity contribution in [3.05, 3.63) is 110 Å². The van der Waals surface area contributed by atoms with Gasteiger partial charge in [0.25, 0.3) is 0 Å². The number of benzene rings is 2. The molecule has 0 radical (unpaired) electrons. The predicted octanol–water partition coefficient (Wildman–Crippen LogP) is 5.70. The molecule has 2 unspecified atom stereocenters. The van der Waals surface area contributed by atoms with Crippen LogP contribution in [0.3, 0.4) is 0 Å². The molecule has 5 rings (SSSR count). The van der Waals surface area contributed by atoms with Gasteiger partial charge in [0.2, 0.25) is 5.76 Å². The van der Waals surface area contributed by atoms with Crippen molar-refractivity contribution in [3.63, 3.8) is 0 Å². The molecule has 0 saturated carbocycles. The van der Waals surface area contributed by atoms with Crippen LogP contribution in [0.5, 0.6) is 0 Å². The third-order valence-electron chi connectivity index (χ3n) is 5.35. The highest BCUT2D eigenvalue weighted by Crippen LogP contribution is 2.49. The number of hydrazone groups is 1. The lowest BCUT2D eigenvalue weighted by Gasteiger charge is -2.26. The van der Waals surface area contributed by atoms with Crippen molar-refractivity contribution < 1.29 is 9.45 Å². The second kappa shape index (κ2) is 7.81. The lowest BCUT2D eigenvalue weighted by Crippen LogP contribution is -2.25. The van der Waals surface area contributed by atoms with E-state index in [2.05, 4.69) is 5.16 Å². The number of para-hydroxylation sites is 1. The fourth-order valence-electron chi connectivity index (χ4n) is 4.02. The van der Waals surface area contributed by atoms with Crippen molar-refractivity contribution in [1.29, 1.82) is 0 Å². The molecule has 0 aliphatic carbocycles. The summed E-state index contributed by atoms with van der Waals surface area (Å²) in [7, 11) is 0. The van der Waals surface area contributed by atoms with Gasteiger partial charge in [0.05, 0.1) is 27.1 Å². The number of rotatable bonds is 5. The van der Waals surface area contributed by atoms with Crippen LogP contribution in [-0.4, -0.2) is 15.8 Å². The van der Waals surface area contributed by atoms with Gasteiger partial charge >= 0.3 is 5.69 Å². The standard InChI is InChI=1S/C23H18N4O3S/c1-15-21(27(28)29)23(30-25-15)22-19(16-9-4-2-5-10-16)20(18-13-8-14-31-18)24-26(22)17-11-6-3-7-12-17/h2-14,19,22H,1H3. The largest absolute Gasteiger partial charge is 0.351 e. The minimum absolute atomic E-state index is 0.102. The Bertz CT molecular complexity index is 1240. The highest BCUT2D eigenvalue weighted by molar-refractivity contribution is 7.12. The number of aryl methyl sites for hydroxylation is 1. The first-order valence-electron chi connectivity index (χ1n) is 9.77. The van der Waals surface area contributed by atoms with Gasteiger partial charge in [-0.2, -0.15) is 5.10 Å². The summed E-state index contributed by atoms with van der Waals surface area (Å²) in [6.07, 6.45) is 0. The van der Waals surface area contributed by atoms with Gasteiger partial charge in [0, 0.05) is 0 Å². The van der Waals surface area contributed by atoms with E-state index in [0.717, 1.165) is 21.8 Å². The third-order valence-corrected chi connectivity index (χ3v) is 6.24. The molecular formula is C23H18N4O3S. The molecule has 31 heavy (non-hydrogen) atoms. The number of nitro groups is 1. The Balaban J connectivity index is 1.76. The topological polar surface area (TPSA) is 84.8 Å². The summed E-state index contributed by atoms with van der Waals surface area (Å²) < 4.78 is 5.61. The van der Waals surface area contributed by atoms with E-state index in [0.29, 0.717) is 0 Å². The fourth-order valence-corrected chi connectivity index (χ4v) is 4.77. The van der Waals surface area contributed by atoms with E-state index in [1.165, 1.54) is 0 Å². The van der Waals surface area contributed by atoms with E-state index in [1.54, 1.807) is 18.3 Å². The summed E-state index contributed by atoms with van der Waals surface area (Å²) >= 11 is 1.59. The molecule has 4 aromatic rings. The Morgan fingerprint density at radius 1 is 1.03 bits per heavy atom. The Hall–Kier alpha value is -3.78. The van der Waals surface area contributed by atoms with Crippen molar-refractivity contribution in [1.82, 2.24) is 5.16 Å². The van der Waals surface area contributed by atoms with Crippen molar-refractivity contribution in [3.8, 4) is 0 Å². The number of nitrogens with zero attached hydrogens (tertiary/aromatic N) is 4. The van der Waals surface area contributed by atoms with Crippen molar-refractivity contribution in [2.45, 2.75) is 18.9 Å². The Kier molecular flexibility index (Phi) is 4.83. The molecule has 154 valence electrons. The van der Waals surface area contributed by atoms with Crippen molar-refractivity contribution in [2.24, 2.45) is 5.10 Å². The summed E-state index contributed by atoms with van der Waals surface area (Å²) in [5, 5.41) is 24.6. The minimum atomic E-state index is -0.552. The molecule has 0 bridgehead atoms. The molecule has 2 aromatic carbocycles. The zero-order chi connectivity index (χ0) is 21.4. The van der Waals surface area contributed by atoms with Crippen LogP contribution >= 0.6 is 11.3 Å². The van der Waals surface area contributed by atoms with E-state index >= 15 is 0 Å². The molecule has 7 nitrogen and oxygen atoms in total. The van der Waals surface area contributed by atoms with Crippen LogP contribution in [0.2, 0.25) is 0 Å². The van der Waals surface area contributed by atoms with Gasteiger partial charge < -0.3 is 4.52 Å². The number of anilines is 1. The SMILES string of the molecule is Cc1noc(C2C(c3ccccc3)C(c3cccs3)=NN2c2ccccc2)c1[N+](=O)[O-]. The van der Waals surface area contributed by atoms with Gasteiger partial charge in [0.1, 0.15) is 6.04 Å². The molecule has 0 saturated heterocycles. The highest BCUT2D eigenvalue weighted by atomic mass is 32.1. The van der Waals surface area contributed by atoms with Crippen molar-refractivity contribution >= 4 is 28.4 Å². The fraction of sp³-hybridized carbons (Fsp3) is 0.130. The molecule has 1 aliphatic heterocycles. The molecular weight excluding hydrogens is 412 g/mol. The van der Waals surface area contributed by atoms with E-state index in [-0.39, 0.29) is 23.1 Å². The maximum absolute atomic E-state index is 11.9. The second-order valence-corrected chi connectivity index (χ2v) is 8.16. The highest BCUT2D eigenvalue weighted by Gasteiger charge is 2.47. The monoisotopic (exact) mass is 430 g/mol. The van der Waals surface area contributed by atoms with Gasteiger partial charge in [0.15, 0.2) is 5.69 Å². The van der Waals surface area contributed by atoms with Gasteiger partial charge in [-0.15, -0.1) is 11.3 Å². The van der Waals surface area contributed by atoms with Gasteiger partial charge in [-0.25, -0.2) is 0 Å².